The van der Waals surface area contributed by atoms with Crippen molar-refractivity contribution < 1.29 is 19.1 Å². The Morgan fingerprint density at radius 2 is 1.70 bits per heavy atom. The molecule has 1 fully saturated rings. The number of hydrogen-bond acceptors (Lipinski definition) is 5. The molecule has 0 bridgehead atoms. The van der Waals surface area contributed by atoms with E-state index in [2.05, 4.69) is 12.1 Å². The molecule has 0 amide bonds. The van der Waals surface area contributed by atoms with Crippen LogP contribution < -0.4 is 4.74 Å². The molecule has 0 aromatic heterocycles. The lowest BCUT2D eigenvalue weighted by Gasteiger charge is -2.26. The number of carbonyl (C=O) groups is 2. The van der Waals surface area contributed by atoms with Crippen molar-refractivity contribution in [2.24, 2.45) is 11.8 Å². The molecule has 2 aromatic carbocycles. The van der Waals surface area contributed by atoms with Crippen molar-refractivity contribution in [3.8, 4) is 5.75 Å². The van der Waals surface area contributed by atoms with E-state index in [9.17, 15) is 9.59 Å². The van der Waals surface area contributed by atoms with Gasteiger partial charge in [0.15, 0.2) is 11.4 Å². The Morgan fingerprint density at radius 3 is 2.27 bits per heavy atom. The van der Waals surface area contributed by atoms with Gasteiger partial charge in [0.2, 0.25) is 0 Å². The largest absolute Gasteiger partial charge is 0.476 e. The summed E-state index contributed by atoms with van der Waals surface area (Å²) in [5, 5.41) is 0. The summed E-state index contributed by atoms with van der Waals surface area (Å²) in [5.41, 5.74) is 3.06. The molecule has 5 heteroatoms. The van der Waals surface area contributed by atoms with Gasteiger partial charge >= 0.3 is 5.97 Å². The molecule has 4 nitrogen and oxygen atoms in total. The molecule has 3 rings (SSSR count). The van der Waals surface area contributed by atoms with E-state index in [1.165, 1.54) is 17.6 Å². The van der Waals surface area contributed by atoms with E-state index in [0.717, 1.165) is 54.5 Å². The van der Waals surface area contributed by atoms with Crippen molar-refractivity contribution in [2.45, 2.75) is 70.3 Å². The molecule has 2 aromatic rings. The van der Waals surface area contributed by atoms with Crippen LogP contribution in [0.25, 0.3) is 0 Å². The fourth-order valence-corrected chi connectivity index (χ4v) is 5.35. The summed E-state index contributed by atoms with van der Waals surface area (Å²) in [4.78, 5) is 26.4. The first-order valence-corrected chi connectivity index (χ1v) is 12.9. The van der Waals surface area contributed by atoms with E-state index in [1.54, 1.807) is 25.6 Å². The summed E-state index contributed by atoms with van der Waals surface area (Å²) in [6.07, 6.45) is 7.21. The fraction of sp³-hybridized carbons (Fsp3) is 0.500. The van der Waals surface area contributed by atoms with Gasteiger partial charge in [-0.25, -0.2) is 4.79 Å². The van der Waals surface area contributed by atoms with E-state index in [0.29, 0.717) is 11.7 Å². The summed E-state index contributed by atoms with van der Waals surface area (Å²) < 4.78 is 10.9. The number of hydrogen-bond donors (Lipinski definition) is 0. The number of ketones is 1. The third kappa shape index (κ3) is 6.00. The molecule has 0 saturated heterocycles. The lowest BCUT2D eigenvalue weighted by molar-refractivity contribution is -0.156. The Hall–Kier alpha value is -2.27. The van der Waals surface area contributed by atoms with Crippen LogP contribution in [0.4, 0.5) is 0 Å². The van der Waals surface area contributed by atoms with E-state index in [-0.39, 0.29) is 5.92 Å². The number of thioether (sulfide) groups is 1. The molecule has 1 saturated carbocycles. The maximum Gasteiger partial charge on any atom is 0.349 e. The highest BCUT2D eigenvalue weighted by molar-refractivity contribution is 7.98. The Morgan fingerprint density at radius 1 is 1.06 bits per heavy atom. The first-order chi connectivity index (χ1) is 15.7. The molecule has 0 radical (unpaired) electrons. The zero-order valence-electron chi connectivity index (χ0n) is 20.7. The van der Waals surface area contributed by atoms with Gasteiger partial charge in [-0.2, -0.15) is 0 Å². The van der Waals surface area contributed by atoms with Crippen molar-refractivity contribution in [3.05, 3.63) is 58.7 Å². The lowest BCUT2D eigenvalue weighted by Crippen LogP contribution is -2.39. The van der Waals surface area contributed by atoms with Gasteiger partial charge in [-0.05, 0) is 94.4 Å². The zero-order valence-corrected chi connectivity index (χ0v) is 21.5. The first-order valence-electron chi connectivity index (χ1n) is 11.7. The minimum Gasteiger partial charge on any atom is -0.476 e. The normalized spacial score (nSPS) is 18.2. The predicted molar refractivity (Wildman–Crippen MR) is 134 cm³/mol. The van der Waals surface area contributed by atoms with E-state index >= 15 is 0 Å². The number of esters is 1. The van der Waals surface area contributed by atoms with E-state index in [4.69, 9.17) is 9.47 Å². The summed E-state index contributed by atoms with van der Waals surface area (Å²) in [6, 6.07) is 12.3. The van der Waals surface area contributed by atoms with Crippen molar-refractivity contribution in [1.82, 2.24) is 0 Å². The molecule has 0 unspecified atom stereocenters. The average molecular weight is 469 g/mol. The second-order valence-electron chi connectivity index (χ2n) is 9.59. The van der Waals surface area contributed by atoms with Crippen LogP contribution in [0.2, 0.25) is 0 Å². The highest BCUT2D eigenvalue weighted by Gasteiger charge is 2.34. The van der Waals surface area contributed by atoms with Gasteiger partial charge in [0.25, 0.3) is 0 Å². The zero-order chi connectivity index (χ0) is 24.2. The number of Topliss-reactive ketones (excluding diaryl/α,β-unsaturated/α-hetero) is 1. The molecule has 0 heterocycles. The Labute approximate surface area is 202 Å². The number of rotatable bonds is 9. The van der Waals surface area contributed by atoms with Gasteiger partial charge in [-0.3, -0.25) is 4.79 Å². The van der Waals surface area contributed by atoms with Crippen LogP contribution in [-0.4, -0.2) is 30.7 Å². The van der Waals surface area contributed by atoms with Crippen LogP contribution in [0, 0.1) is 25.7 Å². The predicted octanol–water partition coefficient (Wildman–Crippen LogP) is 6.59. The molecule has 0 aliphatic heterocycles. The quantitative estimate of drug-likeness (QED) is 0.236. The van der Waals surface area contributed by atoms with Gasteiger partial charge in [-0.1, -0.05) is 30.7 Å². The maximum absolute atomic E-state index is 13.2. The van der Waals surface area contributed by atoms with Crippen LogP contribution in [0.1, 0.15) is 66.6 Å². The molecule has 33 heavy (non-hydrogen) atoms. The number of carbonyl (C=O) groups excluding carboxylic acids is 2. The minimum absolute atomic E-state index is 0.121. The highest BCUT2D eigenvalue weighted by Crippen LogP contribution is 2.38. The third-order valence-electron chi connectivity index (χ3n) is 6.73. The molecular formula is C28H36O4S. The van der Waals surface area contributed by atoms with Gasteiger partial charge < -0.3 is 9.47 Å². The standard InChI is InChI=1S/C28H36O4S/c1-18-16-20(17-19(2)26(18)32-28(3,4)27(30)31-5)10-11-21-8-7-9-24(21)25(29)22-12-14-23(33-6)15-13-22/h12-17,21,24H,7-11H2,1-6H3/t21-,24+/m1/s1. The van der Waals surface area contributed by atoms with Gasteiger partial charge in [0, 0.05) is 16.4 Å². The number of aryl methyl sites for hydroxylation is 3. The summed E-state index contributed by atoms with van der Waals surface area (Å²) in [7, 11) is 1.37. The monoisotopic (exact) mass is 468 g/mol. The fourth-order valence-electron chi connectivity index (χ4n) is 4.94. The van der Waals surface area contributed by atoms with Crippen LogP contribution in [0.15, 0.2) is 41.3 Å². The second kappa shape index (κ2) is 10.8. The van der Waals surface area contributed by atoms with Crippen LogP contribution in [0.3, 0.4) is 0 Å². The molecule has 0 spiro atoms. The van der Waals surface area contributed by atoms with E-state index < -0.39 is 11.6 Å². The molecule has 178 valence electrons. The molecule has 2 atom stereocenters. The maximum atomic E-state index is 13.2. The molecular weight excluding hydrogens is 432 g/mol. The first kappa shape index (κ1) is 25.4. The summed E-state index contributed by atoms with van der Waals surface area (Å²) >= 11 is 1.69. The highest BCUT2D eigenvalue weighted by atomic mass is 32.2. The Kier molecular flexibility index (Phi) is 8.28. The summed E-state index contributed by atoms with van der Waals surface area (Å²) in [5.74, 6) is 1.18. The van der Waals surface area contributed by atoms with Crippen LogP contribution >= 0.6 is 11.8 Å². The molecule has 1 aliphatic rings. The molecule has 0 N–H and O–H groups in total. The lowest BCUT2D eigenvalue weighted by atomic mass is 9.84. The number of methoxy groups -OCH3 is 1. The van der Waals surface area contributed by atoms with Crippen LogP contribution in [0.5, 0.6) is 5.75 Å². The Bertz CT molecular complexity index is 970. The second-order valence-corrected chi connectivity index (χ2v) is 10.5. The van der Waals surface area contributed by atoms with Crippen molar-refractivity contribution in [1.29, 1.82) is 0 Å². The van der Waals surface area contributed by atoms with Crippen LogP contribution in [-0.2, 0) is 16.0 Å². The smallest absolute Gasteiger partial charge is 0.349 e. The minimum atomic E-state index is -1.04. The topological polar surface area (TPSA) is 52.6 Å². The van der Waals surface area contributed by atoms with Crippen molar-refractivity contribution in [2.75, 3.05) is 13.4 Å². The van der Waals surface area contributed by atoms with Gasteiger partial charge in [0.1, 0.15) is 5.75 Å². The van der Waals surface area contributed by atoms with E-state index in [1.807, 2.05) is 44.4 Å². The average Bonchev–Trinajstić information content (AvgIpc) is 3.27. The SMILES string of the molecule is COC(=O)C(C)(C)Oc1c(C)cc(CC[C@H]2CCC[C@@H]2C(=O)c2ccc(SC)cc2)cc1C. The van der Waals surface area contributed by atoms with Crippen molar-refractivity contribution >= 4 is 23.5 Å². The third-order valence-corrected chi connectivity index (χ3v) is 7.47. The summed E-state index contributed by atoms with van der Waals surface area (Å²) in [6.45, 7) is 7.47. The van der Waals surface area contributed by atoms with Gasteiger partial charge in [0.05, 0.1) is 7.11 Å². The molecule has 1 aliphatic carbocycles. The Balaban J connectivity index is 1.67. The van der Waals surface area contributed by atoms with Gasteiger partial charge in [-0.15, -0.1) is 11.8 Å². The van der Waals surface area contributed by atoms with Crippen molar-refractivity contribution in [3.63, 3.8) is 0 Å². The number of benzene rings is 2. The number of ether oxygens (including phenoxy) is 2.